The van der Waals surface area contributed by atoms with E-state index in [1.54, 1.807) is 11.8 Å². The van der Waals surface area contributed by atoms with Gasteiger partial charge in [0.05, 0.1) is 17.2 Å². The number of para-hydroxylation sites is 1. The third-order valence-corrected chi connectivity index (χ3v) is 10.0. The number of amides is 1. The standard InChI is InChI=1S/C38H37BrClN5O3S/c1-23-32(35(46)42-28-12-7-6-8-13-28)33(45-36(41-23)43-37(44-45)49-22-25-11-9-10-14-30(25)40)26-19-29(39)34(31(20-26)47-5)48-21-24-15-17-27(18-16-24)38(2,3)4/h6-20,33H,21-22H2,1-5H3,(H,42,46)(H,41,43,44). The monoisotopic (exact) mass is 757 g/mol. The largest absolute Gasteiger partial charge is 0.493 e. The molecule has 0 aliphatic carbocycles. The highest BCUT2D eigenvalue weighted by molar-refractivity contribution is 9.10. The van der Waals surface area contributed by atoms with Crippen LogP contribution in [0.4, 0.5) is 11.6 Å². The van der Waals surface area contributed by atoms with E-state index in [2.05, 4.69) is 71.6 Å². The maximum Gasteiger partial charge on any atom is 0.255 e. The number of ether oxygens (including phenoxy) is 2. The lowest BCUT2D eigenvalue weighted by Gasteiger charge is -2.29. The summed E-state index contributed by atoms with van der Waals surface area (Å²) in [5, 5.41) is 12.5. The number of carbonyl (C=O) groups is 1. The molecule has 2 heterocycles. The number of nitrogens with one attached hydrogen (secondary N) is 2. The number of thioether (sulfide) groups is 1. The summed E-state index contributed by atoms with van der Waals surface area (Å²) in [6.45, 7) is 8.81. The molecule has 0 spiro atoms. The van der Waals surface area contributed by atoms with Crippen LogP contribution in [0.2, 0.25) is 5.02 Å². The molecule has 4 aromatic carbocycles. The molecule has 0 saturated carbocycles. The molecule has 0 fully saturated rings. The van der Waals surface area contributed by atoms with Crippen LogP contribution in [0.1, 0.15) is 56.0 Å². The molecule has 252 valence electrons. The van der Waals surface area contributed by atoms with E-state index in [1.807, 2.05) is 73.7 Å². The topological polar surface area (TPSA) is 90.3 Å². The van der Waals surface area contributed by atoms with E-state index in [1.165, 1.54) is 17.3 Å². The SMILES string of the molecule is COc1cc(C2C(C(=O)Nc3ccccc3)=C(C)Nc3nc(SCc4ccccc4Cl)nn32)cc(Br)c1OCc1ccc(C(C)(C)C)cc1. The van der Waals surface area contributed by atoms with Crippen molar-refractivity contribution in [1.82, 2.24) is 14.8 Å². The Labute approximate surface area is 304 Å². The van der Waals surface area contributed by atoms with Crippen LogP contribution in [-0.4, -0.2) is 27.8 Å². The first-order valence-electron chi connectivity index (χ1n) is 15.8. The van der Waals surface area contributed by atoms with E-state index in [9.17, 15) is 4.79 Å². The molecule has 1 aliphatic rings. The van der Waals surface area contributed by atoms with E-state index >= 15 is 0 Å². The molecule has 6 rings (SSSR count). The number of halogens is 2. The zero-order valence-corrected chi connectivity index (χ0v) is 31.0. The van der Waals surface area contributed by atoms with Crippen molar-refractivity contribution >= 4 is 56.8 Å². The molecule has 1 aliphatic heterocycles. The van der Waals surface area contributed by atoms with Crippen LogP contribution in [0.25, 0.3) is 0 Å². The predicted octanol–water partition coefficient (Wildman–Crippen LogP) is 9.80. The smallest absolute Gasteiger partial charge is 0.255 e. The summed E-state index contributed by atoms with van der Waals surface area (Å²) < 4.78 is 14.6. The van der Waals surface area contributed by atoms with Crippen LogP contribution in [0, 0.1) is 0 Å². The normalized spacial score (nSPS) is 14.2. The maximum absolute atomic E-state index is 14.0. The summed E-state index contributed by atoms with van der Waals surface area (Å²) in [4.78, 5) is 18.8. The summed E-state index contributed by atoms with van der Waals surface area (Å²) >= 11 is 11.6. The summed E-state index contributed by atoms with van der Waals surface area (Å²) in [7, 11) is 1.60. The number of carbonyl (C=O) groups excluding carboxylic acids is 1. The van der Waals surface area contributed by atoms with Gasteiger partial charge in [-0.2, -0.15) is 4.98 Å². The van der Waals surface area contributed by atoms with Gasteiger partial charge in [0.1, 0.15) is 12.6 Å². The van der Waals surface area contributed by atoms with Crippen LogP contribution in [0.5, 0.6) is 11.5 Å². The fourth-order valence-corrected chi connectivity index (χ4v) is 7.26. The van der Waals surface area contributed by atoms with Crippen LogP contribution >= 0.6 is 39.3 Å². The Hall–Kier alpha value is -4.25. The van der Waals surface area contributed by atoms with Gasteiger partial charge in [0, 0.05) is 22.2 Å². The molecule has 1 unspecified atom stereocenters. The van der Waals surface area contributed by atoms with Gasteiger partial charge in [-0.15, -0.1) is 5.10 Å². The molecule has 1 atom stereocenters. The van der Waals surface area contributed by atoms with E-state index in [4.69, 9.17) is 31.2 Å². The summed E-state index contributed by atoms with van der Waals surface area (Å²) in [5.74, 6) is 1.93. The van der Waals surface area contributed by atoms with Gasteiger partial charge in [-0.1, -0.05) is 105 Å². The van der Waals surface area contributed by atoms with Crippen molar-refractivity contribution in [3.05, 3.63) is 134 Å². The van der Waals surface area contributed by atoms with Gasteiger partial charge in [-0.3, -0.25) is 4.79 Å². The van der Waals surface area contributed by atoms with Gasteiger partial charge in [0.25, 0.3) is 5.91 Å². The van der Waals surface area contributed by atoms with Crippen molar-refractivity contribution in [2.24, 2.45) is 0 Å². The molecule has 1 aromatic heterocycles. The number of hydrogen-bond acceptors (Lipinski definition) is 7. The van der Waals surface area contributed by atoms with Gasteiger partial charge in [0.2, 0.25) is 11.1 Å². The number of nitrogens with zero attached hydrogens (tertiary/aromatic N) is 3. The first-order chi connectivity index (χ1) is 23.5. The van der Waals surface area contributed by atoms with E-state index < -0.39 is 6.04 Å². The quantitative estimate of drug-likeness (QED) is 0.137. The number of hydrogen-bond donors (Lipinski definition) is 2. The minimum absolute atomic E-state index is 0.0682. The van der Waals surface area contributed by atoms with Crippen molar-refractivity contribution < 1.29 is 14.3 Å². The summed E-state index contributed by atoms with van der Waals surface area (Å²) in [6, 6.07) is 28.7. The van der Waals surface area contributed by atoms with Crippen molar-refractivity contribution in [1.29, 1.82) is 0 Å². The van der Waals surface area contributed by atoms with Crippen LogP contribution in [0.15, 0.2) is 112 Å². The Morgan fingerprint density at radius 1 is 1.04 bits per heavy atom. The molecule has 5 aromatic rings. The van der Waals surface area contributed by atoms with E-state index in [0.717, 1.165) is 16.7 Å². The summed E-state index contributed by atoms with van der Waals surface area (Å²) in [5.41, 5.74) is 5.95. The number of anilines is 2. The van der Waals surface area contributed by atoms with Crippen molar-refractivity contribution in [3.63, 3.8) is 0 Å². The zero-order valence-electron chi connectivity index (χ0n) is 27.9. The Balaban J connectivity index is 1.34. The fraction of sp³-hybridized carbons (Fsp3) is 0.237. The Morgan fingerprint density at radius 2 is 1.76 bits per heavy atom. The first kappa shape index (κ1) is 34.6. The summed E-state index contributed by atoms with van der Waals surface area (Å²) in [6.07, 6.45) is 0. The van der Waals surface area contributed by atoms with E-state index in [-0.39, 0.29) is 11.3 Å². The molecular weight excluding hydrogens is 722 g/mol. The van der Waals surface area contributed by atoms with Gasteiger partial charge < -0.3 is 20.1 Å². The molecule has 11 heteroatoms. The van der Waals surface area contributed by atoms with Gasteiger partial charge in [-0.05, 0) is 80.9 Å². The van der Waals surface area contributed by atoms with Crippen LogP contribution < -0.4 is 20.1 Å². The number of benzene rings is 4. The predicted molar refractivity (Wildman–Crippen MR) is 201 cm³/mol. The van der Waals surface area contributed by atoms with E-state index in [0.29, 0.717) is 61.4 Å². The molecule has 2 N–H and O–H groups in total. The number of methoxy groups -OCH3 is 1. The highest BCUT2D eigenvalue weighted by Gasteiger charge is 2.35. The van der Waals surface area contributed by atoms with Crippen LogP contribution in [-0.2, 0) is 22.6 Å². The lowest BCUT2D eigenvalue weighted by Crippen LogP contribution is -2.31. The average molecular weight is 759 g/mol. The molecule has 1 amide bonds. The molecule has 49 heavy (non-hydrogen) atoms. The second kappa shape index (κ2) is 14.7. The Morgan fingerprint density at radius 3 is 2.45 bits per heavy atom. The fourth-order valence-electron chi connectivity index (χ4n) is 5.57. The molecule has 8 nitrogen and oxygen atoms in total. The second-order valence-corrected chi connectivity index (χ2v) is 14.9. The molecule has 0 radical (unpaired) electrons. The highest BCUT2D eigenvalue weighted by Crippen LogP contribution is 2.44. The molecule has 0 bridgehead atoms. The van der Waals surface area contributed by atoms with Gasteiger partial charge >= 0.3 is 0 Å². The van der Waals surface area contributed by atoms with Crippen molar-refractivity contribution in [3.8, 4) is 11.5 Å². The van der Waals surface area contributed by atoms with Crippen molar-refractivity contribution in [2.75, 3.05) is 17.7 Å². The number of fused-ring (bicyclic) bond motifs is 1. The third-order valence-electron chi connectivity index (χ3n) is 8.19. The Kier molecular flexibility index (Phi) is 10.4. The van der Waals surface area contributed by atoms with Crippen LogP contribution in [0.3, 0.4) is 0 Å². The number of rotatable bonds is 10. The highest BCUT2D eigenvalue weighted by atomic mass is 79.9. The van der Waals surface area contributed by atoms with Gasteiger partial charge in [-0.25, -0.2) is 4.68 Å². The minimum atomic E-state index is -0.633. The zero-order chi connectivity index (χ0) is 34.7. The minimum Gasteiger partial charge on any atom is -0.493 e. The lowest BCUT2D eigenvalue weighted by molar-refractivity contribution is -0.113. The number of allylic oxidation sites excluding steroid dienone is 1. The third kappa shape index (κ3) is 7.82. The van der Waals surface area contributed by atoms with Crippen molar-refractivity contribution in [2.45, 2.75) is 56.7 Å². The molecule has 0 saturated heterocycles. The lowest BCUT2D eigenvalue weighted by atomic mass is 9.87. The number of aromatic nitrogens is 3. The first-order valence-corrected chi connectivity index (χ1v) is 17.9. The second-order valence-electron chi connectivity index (χ2n) is 12.7. The molecular formula is C38H37BrClN5O3S. The van der Waals surface area contributed by atoms with Gasteiger partial charge in [0.15, 0.2) is 11.5 Å². The Bertz CT molecular complexity index is 2010. The maximum atomic E-state index is 14.0. The average Bonchev–Trinajstić information content (AvgIpc) is 3.48.